The zero-order chi connectivity index (χ0) is 24.9. The normalized spacial score (nSPS) is 15.6. The van der Waals surface area contributed by atoms with E-state index in [0.29, 0.717) is 17.2 Å². The first kappa shape index (κ1) is 24.3. The van der Waals surface area contributed by atoms with Crippen molar-refractivity contribution in [2.45, 2.75) is 25.0 Å². The van der Waals surface area contributed by atoms with Gasteiger partial charge >= 0.3 is 11.9 Å². The Morgan fingerprint density at radius 2 is 1.71 bits per heavy atom. The lowest BCUT2D eigenvalue weighted by Gasteiger charge is -2.23. The van der Waals surface area contributed by atoms with E-state index in [1.54, 1.807) is 18.2 Å². The molecular weight excluding hydrogens is 464 g/mol. The second kappa shape index (κ2) is 10.7. The lowest BCUT2D eigenvalue weighted by Crippen LogP contribution is -2.42. The number of thioether (sulfide) groups is 1. The Balaban J connectivity index is 2.04. The Kier molecular flexibility index (Phi) is 7.41. The van der Waals surface area contributed by atoms with Gasteiger partial charge in [0.25, 0.3) is 0 Å². The number of unbranched alkanes of at least 4 members (excludes halogenated alkanes) is 1. The molecular formula is C27H26N2O5S. The first-order valence-corrected chi connectivity index (χ1v) is 12.2. The first-order chi connectivity index (χ1) is 17.0. The number of aromatic nitrogens is 1. The quantitative estimate of drug-likeness (QED) is 0.401. The van der Waals surface area contributed by atoms with Gasteiger partial charge in [-0.3, -0.25) is 9.36 Å². The number of nitrogens with two attached hydrogens (primary N) is 1. The van der Waals surface area contributed by atoms with E-state index in [4.69, 9.17) is 15.2 Å². The summed E-state index contributed by atoms with van der Waals surface area (Å²) in [7, 11) is 1.28. The SMILES string of the molecule is CCCCOC(=O)c1c(N)/c(=C\c2ccccc2)c2n1C(=O)C(c1ccccc1)SC=2C(=O)OC. The predicted octanol–water partition coefficient (Wildman–Crippen LogP) is 3.27. The Hall–Kier alpha value is -3.78. The van der Waals surface area contributed by atoms with Crippen LogP contribution < -0.4 is 16.3 Å². The van der Waals surface area contributed by atoms with Gasteiger partial charge in [-0.25, -0.2) is 9.59 Å². The fourth-order valence-electron chi connectivity index (χ4n) is 3.91. The molecule has 2 heterocycles. The number of carbonyl (C=O) groups excluding carboxylic acids is 3. The third kappa shape index (κ3) is 4.74. The third-order valence-corrected chi connectivity index (χ3v) is 6.96. The van der Waals surface area contributed by atoms with Crippen LogP contribution in [0.15, 0.2) is 60.7 Å². The smallest absolute Gasteiger partial charge is 0.357 e. The Morgan fingerprint density at radius 1 is 1.06 bits per heavy atom. The minimum absolute atomic E-state index is 0.0779. The highest BCUT2D eigenvalue weighted by molar-refractivity contribution is 8.10. The summed E-state index contributed by atoms with van der Waals surface area (Å²) >= 11 is 1.09. The number of carbonyl (C=O) groups is 3. The molecule has 0 spiro atoms. The number of ether oxygens (including phenoxy) is 2. The van der Waals surface area contributed by atoms with E-state index in [9.17, 15) is 14.4 Å². The van der Waals surface area contributed by atoms with E-state index in [-0.39, 0.29) is 34.1 Å². The van der Waals surface area contributed by atoms with Gasteiger partial charge in [0, 0.05) is 5.22 Å². The maximum absolute atomic E-state index is 13.8. The van der Waals surface area contributed by atoms with Crippen molar-refractivity contribution in [1.29, 1.82) is 0 Å². The van der Waals surface area contributed by atoms with Gasteiger partial charge in [0.1, 0.15) is 10.2 Å². The average Bonchev–Trinajstić information content (AvgIpc) is 3.17. The number of hydrogen-bond donors (Lipinski definition) is 1. The van der Waals surface area contributed by atoms with Crippen LogP contribution in [0.2, 0.25) is 0 Å². The average molecular weight is 491 g/mol. The van der Waals surface area contributed by atoms with E-state index in [1.807, 2.05) is 55.5 Å². The Morgan fingerprint density at radius 3 is 2.34 bits per heavy atom. The topological polar surface area (TPSA) is 101 Å². The van der Waals surface area contributed by atoms with Gasteiger partial charge in [-0.1, -0.05) is 85.8 Å². The van der Waals surface area contributed by atoms with Crippen molar-refractivity contribution in [3.8, 4) is 0 Å². The summed E-state index contributed by atoms with van der Waals surface area (Å²) in [5, 5.41) is -0.134. The van der Waals surface area contributed by atoms with Crippen LogP contribution in [0.25, 0.3) is 11.0 Å². The summed E-state index contributed by atoms with van der Waals surface area (Å²) in [6.07, 6.45) is 3.27. The minimum atomic E-state index is -0.767. The fourth-order valence-corrected chi connectivity index (χ4v) is 5.14. The van der Waals surface area contributed by atoms with Gasteiger partial charge in [-0.2, -0.15) is 0 Å². The molecule has 7 nitrogen and oxygen atoms in total. The molecule has 1 aromatic heterocycles. The summed E-state index contributed by atoms with van der Waals surface area (Å²) in [6, 6.07) is 18.4. The standard InChI is InChI=1S/C27H26N2O5S/c1-3-4-15-34-26(31)22-20(28)19(16-17-11-7-5-8-12-17)21-24(27(32)33-2)35-23(25(30)29(21)22)18-13-9-6-10-14-18/h5-14,16,23H,3-4,15,28H2,1-2H3/b19-16+. The fraction of sp³-hybridized carbons (Fsp3) is 0.222. The molecule has 180 valence electrons. The lowest BCUT2D eigenvalue weighted by atomic mass is 10.1. The van der Waals surface area contributed by atoms with Crippen molar-refractivity contribution in [2.75, 3.05) is 19.5 Å². The van der Waals surface area contributed by atoms with Gasteiger partial charge in [-0.15, -0.1) is 0 Å². The third-order valence-electron chi connectivity index (χ3n) is 5.65. The lowest BCUT2D eigenvalue weighted by molar-refractivity contribution is -0.133. The molecule has 1 aliphatic rings. The molecule has 0 amide bonds. The molecule has 3 aromatic rings. The van der Waals surface area contributed by atoms with Crippen LogP contribution in [0.4, 0.5) is 5.69 Å². The molecule has 2 aromatic carbocycles. The van der Waals surface area contributed by atoms with Crippen LogP contribution in [0.5, 0.6) is 0 Å². The van der Waals surface area contributed by atoms with Crippen LogP contribution in [0, 0.1) is 0 Å². The molecule has 0 saturated heterocycles. The summed E-state index contributed by atoms with van der Waals surface area (Å²) < 4.78 is 11.8. The molecule has 1 unspecified atom stereocenters. The number of nitrogens with zero attached hydrogens (tertiary/aromatic N) is 1. The monoisotopic (exact) mass is 490 g/mol. The molecule has 35 heavy (non-hydrogen) atoms. The second-order valence-electron chi connectivity index (χ2n) is 7.97. The van der Waals surface area contributed by atoms with Gasteiger partial charge in [-0.05, 0) is 23.6 Å². The van der Waals surface area contributed by atoms with Crippen LogP contribution >= 0.6 is 11.8 Å². The van der Waals surface area contributed by atoms with Gasteiger partial charge in [0.2, 0.25) is 5.91 Å². The van der Waals surface area contributed by atoms with E-state index in [2.05, 4.69) is 0 Å². The Labute approximate surface area is 207 Å². The summed E-state index contributed by atoms with van der Waals surface area (Å²) in [6.45, 7) is 2.18. The van der Waals surface area contributed by atoms with Crippen molar-refractivity contribution in [3.63, 3.8) is 0 Å². The molecule has 4 rings (SSSR count). The van der Waals surface area contributed by atoms with Crippen LogP contribution in [0.3, 0.4) is 0 Å². The first-order valence-electron chi connectivity index (χ1n) is 11.3. The van der Waals surface area contributed by atoms with Crippen LogP contribution in [-0.2, 0) is 14.3 Å². The van der Waals surface area contributed by atoms with E-state index in [1.165, 1.54) is 11.7 Å². The van der Waals surface area contributed by atoms with Gasteiger partial charge in [0.05, 0.1) is 24.8 Å². The van der Waals surface area contributed by atoms with Crippen LogP contribution in [-0.4, -0.2) is 36.1 Å². The number of hydrogen-bond acceptors (Lipinski definition) is 7. The van der Waals surface area contributed by atoms with E-state index < -0.39 is 17.2 Å². The summed E-state index contributed by atoms with van der Waals surface area (Å²) in [5.41, 5.74) is 8.00. The van der Waals surface area contributed by atoms with E-state index >= 15 is 0 Å². The highest BCUT2D eigenvalue weighted by atomic mass is 32.2. The highest BCUT2D eigenvalue weighted by Gasteiger charge is 2.38. The summed E-state index contributed by atoms with van der Waals surface area (Å²) in [5.74, 6) is -1.71. The number of fused-ring (bicyclic) bond motifs is 1. The zero-order valence-electron chi connectivity index (χ0n) is 19.5. The zero-order valence-corrected chi connectivity index (χ0v) is 20.3. The van der Waals surface area contributed by atoms with Crippen molar-refractivity contribution in [3.05, 3.63) is 88.1 Å². The van der Waals surface area contributed by atoms with Crippen molar-refractivity contribution in [1.82, 2.24) is 4.57 Å². The molecule has 0 aliphatic carbocycles. The number of benzene rings is 2. The Bertz CT molecular complexity index is 1380. The number of esters is 2. The molecule has 0 radical (unpaired) electrons. The van der Waals surface area contributed by atoms with Gasteiger partial charge in [0.15, 0.2) is 5.69 Å². The molecule has 0 fully saturated rings. The maximum Gasteiger partial charge on any atom is 0.357 e. The summed E-state index contributed by atoms with van der Waals surface area (Å²) in [4.78, 5) is 40.2. The number of rotatable bonds is 7. The molecule has 0 bridgehead atoms. The number of anilines is 1. The number of methoxy groups -OCH3 is 1. The van der Waals surface area contributed by atoms with Crippen molar-refractivity contribution >= 4 is 46.3 Å². The van der Waals surface area contributed by atoms with Crippen molar-refractivity contribution < 1.29 is 23.9 Å². The van der Waals surface area contributed by atoms with Crippen molar-refractivity contribution in [2.24, 2.45) is 0 Å². The number of nitrogen functional groups attached to an aromatic ring is 1. The second-order valence-corrected chi connectivity index (χ2v) is 9.09. The molecule has 0 saturated carbocycles. The maximum atomic E-state index is 13.8. The predicted molar refractivity (Wildman–Crippen MR) is 136 cm³/mol. The van der Waals surface area contributed by atoms with Crippen LogP contribution in [0.1, 0.15) is 51.4 Å². The molecule has 1 atom stereocenters. The van der Waals surface area contributed by atoms with Gasteiger partial charge < -0.3 is 15.2 Å². The molecule has 8 heteroatoms. The van der Waals surface area contributed by atoms with E-state index in [0.717, 1.165) is 23.7 Å². The molecule has 2 N–H and O–H groups in total. The highest BCUT2D eigenvalue weighted by Crippen LogP contribution is 2.39. The minimum Gasteiger partial charge on any atom is -0.465 e. The largest absolute Gasteiger partial charge is 0.465 e. The molecule has 1 aliphatic heterocycles.